The van der Waals surface area contributed by atoms with E-state index in [1.54, 1.807) is 17.0 Å². The van der Waals surface area contributed by atoms with Crippen LogP contribution in [0.25, 0.3) is 0 Å². The van der Waals surface area contributed by atoms with Gasteiger partial charge in [0.25, 0.3) is 0 Å². The van der Waals surface area contributed by atoms with Crippen LogP contribution in [0.3, 0.4) is 0 Å². The zero-order chi connectivity index (χ0) is 12.3. The van der Waals surface area contributed by atoms with E-state index in [2.05, 4.69) is 12.2 Å². The summed E-state index contributed by atoms with van der Waals surface area (Å²) < 4.78 is 12.9. The molecule has 1 N–H and O–H groups in total. The molecule has 92 valence electrons. The highest BCUT2D eigenvalue weighted by Gasteiger charge is 2.20. The van der Waals surface area contributed by atoms with Crippen LogP contribution in [0.1, 0.15) is 19.8 Å². The minimum Gasteiger partial charge on any atom is -0.325 e. The Hall–Kier alpha value is -1.58. The van der Waals surface area contributed by atoms with Crippen molar-refractivity contribution in [3.63, 3.8) is 0 Å². The highest BCUT2D eigenvalue weighted by Crippen LogP contribution is 2.17. The van der Waals surface area contributed by atoms with Crippen molar-refractivity contribution < 1.29 is 9.18 Å². The molecule has 1 heterocycles. The molecule has 0 radical (unpaired) electrons. The number of urea groups is 1. The van der Waals surface area contributed by atoms with E-state index in [0.29, 0.717) is 11.6 Å². The number of benzene rings is 1. The van der Waals surface area contributed by atoms with Crippen molar-refractivity contribution >= 4 is 11.7 Å². The van der Waals surface area contributed by atoms with Crippen LogP contribution in [0.5, 0.6) is 0 Å². The Balaban J connectivity index is 1.93. The molecule has 1 saturated heterocycles. The van der Waals surface area contributed by atoms with Crippen LogP contribution in [0.2, 0.25) is 0 Å². The van der Waals surface area contributed by atoms with Gasteiger partial charge >= 0.3 is 6.03 Å². The molecule has 1 aliphatic heterocycles. The second kappa shape index (κ2) is 5.17. The first-order valence-electron chi connectivity index (χ1n) is 5.96. The number of nitrogens with one attached hydrogen (secondary N) is 1. The van der Waals surface area contributed by atoms with Crippen LogP contribution in [-0.2, 0) is 0 Å². The molecule has 1 aliphatic rings. The van der Waals surface area contributed by atoms with Crippen LogP contribution in [0, 0.1) is 11.7 Å². The van der Waals surface area contributed by atoms with Crippen LogP contribution in [0.15, 0.2) is 24.3 Å². The molecule has 0 spiro atoms. The van der Waals surface area contributed by atoms with Crippen molar-refractivity contribution in [1.29, 1.82) is 0 Å². The lowest BCUT2D eigenvalue weighted by molar-refractivity contribution is 0.186. The standard InChI is InChI=1S/C13H17FN2O/c1-10-5-7-16(8-6-10)13(17)15-12-4-2-3-11(14)9-12/h2-4,9-10H,5-8H2,1H3,(H,15,17). The molecule has 0 saturated carbocycles. The molecule has 17 heavy (non-hydrogen) atoms. The van der Waals surface area contributed by atoms with Gasteiger partial charge in [-0.1, -0.05) is 13.0 Å². The fourth-order valence-electron chi connectivity index (χ4n) is 1.98. The highest BCUT2D eigenvalue weighted by atomic mass is 19.1. The summed E-state index contributed by atoms with van der Waals surface area (Å²) in [4.78, 5) is 13.7. The number of piperidine rings is 1. The monoisotopic (exact) mass is 236 g/mol. The number of halogens is 1. The first-order chi connectivity index (χ1) is 8.15. The van der Waals surface area contributed by atoms with Crippen molar-refractivity contribution in [3.05, 3.63) is 30.1 Å². The zero-order valence-electron chi connectivity index (χ0n) is 9.95. The molecule has 1 fully saturated rings. The molecule has 0 aromatic heterocycles. The van der Waals surface area contributed by atoms with Gasteiger partial charge in [0.2, 0.25) is 0 Å². The van der Waals surface area contributed by atoms with E-state index in [1.165, 1.54) is 12.1 Å². The number of hydrogen-bond donors (Lipinski definition) is 1. The molecule has 2 rings (SSSR count). The molecule has 0 atom stereocenters. The number of amides is 2. The van der Waals surface area contributed by atoms with Gasteiger partial charge in [0.1, 0.15) is 5.82 Å². The molecular weight excluding hydrogens is 219 g/mol. The maximum absolute atomic E-state index is 12.9. The van der Waals surface area contributed by atoms with E-state index in [4.69, 9.17) is 0 Å². The summed E-state index contributed by atoms with van der Waals surface area (Å²) in [7, 11) is 0. The lowest BCUT2D eigenvalue weighted by atomic mass is 10.00. The smallest absolute Gasteiger partial charge is 0.321 e. The number of likely N-dealkylation sites (tertiary alicyclic amines) is 1. The molecular formula is C13H17FN2O. The molecule has 4 heteroatoms. The van der Waals surface area contributed by atoms with Gasteiger partial charge in [0.15, 0.2) is 0 Å². The number of rotatable bonds is 1. The first-order valence-corrected chi connectivity index (χ1v) is 5.96. The lowest BCUT2D eigenvalue weighted by Crippen LogP contribution is -2.40. The number of carbonyl (C=O) groups excluding carboxylic acids is 1. The Morgan fingerprint density at radius 2 is 2.12 bits per heavy atom. The Kier molecular flexibility index (Phi) is 3.61. The summed E-state index contributed by atoms with van der Waals surface area (Å²) in [6.07, 6.45) is 2.08. The third-order valence-corrected chi connectivity index (χ3v) is 3.15. The van der Waals surface area contributed by atoms with Crippen molar-refractivity contribution in [2.45, 2.75) is 19.8 Å². The summed E-state index contributed by atoms with van der Waals surface area (Å²) in [5, 5.41) is 2.71. The summed E-state index contributed by atoms with van der Waals surface area (Å²) in [5.74, 6) is 0.350. The number of anilines is 1. The van der Waals surface area contributed by atoms with Gasteiger partial charge in [-0.3, -0.25) is 0 Å². The van der Waals surface area contributed by atoms with Gasteiger partial charge in [-0.25, -0.2) is 9.18 Å². The van der Waals surface area contributed by atoms with E-state index >= 15 is 0 Å². The van der Waals surface area contributed by atoms with E-state index in [9.17, 15) is 9.18 Å². The summed E-state index contributed by atoms with van der Waals surface area (Å²) in [5.41, 5.74) is 0.508. The SMILES string of the molecule is CC1CCN(C(=O)Nc2cccc(F)c2)CC1. The van der Waals surface area contributed by atoms with Gasteiger partial charge in [-0.05, 0) is 37.0 Å². The van der Waals surface area contributed by atoms with Crippen molar-refractivity contribution in [2.24, 2.45) is 5.92 Å². The average molecular weight is 236 g/mol. The van der Waals surface area contributed by atoms with Gasteiger partial charge in [-0.2, -0.15) is 0 Å². The summed E-state index contributed by atoms with van der Waals surface area (Å²) in [6.45, 7) is 3.76. The number of nitrogens with zero attached hydrogens (tertiary/aromatic N) is 1. The topological polar surface area (TPSA) is 32.3 Å². The van der Waals surface area contributed by atoms with Gasteiger partial charge in [-0.15, -0.1) is 0 Å². The summed E-state index contributed by atoms with van der Waals surface area (Å²) >= 11 is 0. The fraction of sp³-hybridized carbons (Fsp3) is 0.462. The van der Waals surface area contributed by atoms with E-state index in [0.717, 1.165) is 25.9 Å². The fourth-order valence-corrected chi connectivity index (χ4v) is 1.98. The maximum atomic E-state index is 12.9. The van der Waals surface area contributed by atoms with Crippen LogP contribution in [-0.4, -0.2) is 24.0 Å². The van der Waals surface area contributed by atoms with Crippen molar-refractivity contribution in [3.8, 4) is 0 Å². The molecule has 3 nitrogen and oxygen atoms in total. The average Bonchev–Trinajstić information content (AvgIpc) is 2.29. The molecule has 0 bridgehead atoms. The third kappa shape index (κ3) is 3.19. The van der Waals surface area contributed by atoms with Gasteiger partial charge < -0.3 is 10.2 Å². The minimum absolute atomic E-state index is 0.137. The van der Waals surface area contributed by atoms with E-state index in [-0.39, 0.29) is 11.8 Å². The second-order valence-corrected chi connectivity index (χ2v) is 4.61. The largest absolute Gasteiger partial charge is 0.325 e. The summed E-state index contributed by atoms with van der Waals surface area (Å²) in [6, 6.07) is 5.82. The van der Waals surface area contributed by atoms with E-state index in [1.807, 2.05) is 0 Å². The molecule has 1 aromatic rings. The molecule has 2 amide bonds. The van der Waals surface area contributed by atoms with Crippen LogP contribution >= 0.6 is 0 Å². The van der Waals surface area contributed by atoms with E-state index < -0.39 is 0 Å². The third-order valence-electron chi connectivity index (χ3n) is 3.15. The lowest BCUT2D eigenvalue weighted by Gasteiger charge is -2.30. The Morgan fingerprint density at radius 3 is 2.76 bits per heavy atom. The highest BCUT2D eigenvalue weighted by molar-refractivity contribution is 5.89. The van der Waals surface area contributed by atoms with Crippen molar-refractivity contribution in [2.75, 3.05) is 18.4 Å². The normalized spacial score (nSPS) is 16.9. The van der Waals surface area contributed by atoms with Gasteiger partial charge in [0.05, 0.1) is 0 Å². The Labute approximate surface area is 101 Å². The predicted molar refractivity (Wildman–Crippen MR) is 65.4 cm³/mol. The molecule has 1 aromatic carbocycles. The zero-order valence-corrected chi connectivity index (χ0v) is 9.95. The van der Waals surface area contributed by atoms with Crippen molar-refractivity contribution in [1.82, 2.24) is 4.90 Å². The van der Waals surface area contributed by atoms with Gasteiger partial charge in [0, 0.05) is 18.8 Å². The number of hydrogen-bond acceptors (Lipinski definition) is 1. The first kappa shape index (κ1) is 11.9. The van der Waals surface area contributed by atoms with Crippen LogP contribution < -0.4 is 5.32 Å². The Bertz CT molecular complexity index is 400. The maximum Gasteiger partial charge on any atom is 0.321 e. The molecule has 0 unspecified atom stereocenters. The minimum atomic E-state index is -0.338. The quantitative estimate of drug-likeness (QED) is 0.798. The predicted octanol–water partition coefficient (Wildman–Crippen LogP) is 3.09. The molecule has 0 aliphatic carbocycles. The Morgan fingerprint density at radius 1 is 1.41 bits per heavy atom. The second-order valence-electron chi connectivity index (χ2n) is 4.61. The van der Waals surface area contributed by atoms with Crippen LogP contribution in [0.4, 0.5) is 14.9 Å². The number of carbonyl (C=O) groups is 1.